The molecule has 1 aromatic carbocycles. The van der Waals surface area contributed by atoms with E-state index in [9.17, 15) is 13.2 Å². The van der Waals surface area contributed by atoms with Crippen molar-refractivity contribution in [1.82, 2.24) is 4.31 Å². The molecule has 1 aromatic rings. The number of anilines is 1. The zero-order chi connectivity index (χ0) is 15.9. The van der Waals surface area contributed by atoms with Crippen LogP contribution in [0.4, 0.5) is 5.69 Å². The number of benzene rings is 1. The first kappa shape index (κ1) is 16.0. The van der Waals surface area contributed by atoms with Gasteiger partial charge in [-0.1, -0.05) is 6.92 Å². The van der Waals surface area contributed by atoms with E-state index in [-0.39, 0.29) is 16.7 Å². The summed E-state index contributed by atoms with van der Waals surface area (Å²) in [5, 5.41) is 2.87. The largest absolute Gasteiger partial charge is 0.326 e. The van der Waals surface area contributed by atoms with Gasteiger partial charge in [0.2, 0.25) is 15.9 Å². The van der Waals surface area contributed by atoms with Gasteiger partial charge in [-0.15, -0.1) is 0 Å². The number of nitrogens with one attached hydrogen (secondary N) is 1. The first-order valence-electron chi connectivity index (χ1n) is 6.99. The van der Waals surface area contributed by atoms with Crippen LogP contribution in [-0.2, 0) is 14.8 Å². The van der Waals surface area contributed by atoms with Crippen molar-refractivity contribution in [2.45, 2.75) is 32.1 Å². The third-order valence-electron chi connectivity index (χ3n) is 4.12. The molecule has 1 aliphatic carbocycles. The maximum atomic E-state index is 12.2. The lowest BCUT2D eigenvalue weighted by Gasteiger charge is -2.16. The second-order valence-corrected chi connectivity index (χ2v) is 8.16. The maximum absolute atomic E-state index is 12.2. The van der Waals surface area contributed by atoms with Gasteiger partial charge in [0.25, 0.3) is 0 Å². The molecular formula is C15H22N2O3S. The van der Waals surface area contributed by atoms with Gasteiger partial charge >= 0.3 is 0 Å². The molecule has 1 saturated carbocycles. The molecule has 1 N–H and O–H groups in total. The SMILES string of the molecule is Cc1cc(S(=O)(=O)N(C)C)cc(NC(=O)[C@H]2C[C@@H]2C)c1C. The third-order valence-corrected chi connectivity index (χ3v) is 5.92. The highest BCUT2D eigenvalue weighted by Crippen LogP contribution is 2.39. The Labute approximate surface area is 126 Å². The summed E-state index contributed by atoms with van der Waals surface area (Å²) in [6.45, 7) is 5.77. The number of amides is 1. The summed E-state index contributed by atoms with van der Waals surface area (Å²) in [6, 6.07) is 3.18. The molecule has 5 nitrogen and oxygen atoms in total. The van der Waals surface area contributed by atoms with Gasteiger partial charge in [0.05, 0.1) is 4.90 Å². The minimum absolute atomic E-state index is 0.0237. The lowest BCUT2D eigenvalue weighted by atomic mass is 10.1. The van der Waals surface area contributed by atoms with Crippen LogP contribution >= 0.6 is 0 Å². The number of hydrogen-bond donors (Lipinski definition) is 1. The molecule has 0 spiro atoms. The fourth-order valence-electron chi connectivity index (χ4n) is 2.23. The zero-order valence-corrected chi connectivity index (χ0v) is 13.9. The highest BCUT2D eigenvalue weighted by atomic mass is 32.2. The normalized spacial score (nSPS) is 21.4. The second-order valence-electron chi connectivity index (χ2n) is 6.01. The second kappa shape index (κ2) is 5.42. The first-order valence-corrected chi connectivity index (χ1v) is 8.43. The molecule has 2 rings (SSSR count). The van der Waals surface area contributed by atoms with Crippen molar-refractivity contribution in [2.24, 2.45) is 11.8 Å². The smallest absolute Gasteiger partial charge is 0.242 e. The molecule has 116 valence electrons. The summed E-state index contributed by atoms with van der Waals surface area (Å²) in [4.78, 5) is 12.3. The van der Waals surface area contributed by atoms with Gasteiger partial charge in [0, 0.05) is 25.7 Å². The lowest BCUT2D eigenvalue weighted by Crippen LogP contribution is -2.23. The standard InChI is InChI=1S/C15H22N2O3S/c1-9-6-12(21(19,20)17(4)5)8-14(11(9)3)16-15(18)13-7-10(13)2/h6,8,10,13H,7H2,1-5H3,(H,16,18)/t10-,13-/m0/s1. The summed E-state index contributed by atoms with van der Waals surface area (Å²) < 4.78 is 25.7. The fraction of sp³-hybridized carbons (Fsp3) is 0.533. The Kier molecular flexibility index (Phi) is 4.13. The van der Waals surface area contributed by atoms with Crippen LogP contribution in [0.5, 0.6) is 0 Å². The summed E-state index contributed by atoms with van der Waals surface area (Å²) in [6.07, 6.45) is 0.902. The Bertz CT molecular complexity index is 680. The Balaban J connectivity index is 2.37. The molecule has 2 atom stereocenters. The Morgan fingerprint density at radius 1 is 1.29 bits per heavy atom. The molecule has 0 bridgehead atoms. The van der Waals surface area contributed by atoms with Crippen molar-refractivity contribution >= 4 is 21.6 Å². The number of sulfonamides is 1. The van der Waals surface area contributed by atoms with Crippen molar-refractivity contribution in [1.29, 1.82) is 0 Å². The predicted octanol–water partition coefficient (Wildman–Crippen LogP) is 2.15. The van der Waals surface area contributed by atoms with E-state index in [1.807, 2.05) is 20.8 Å². The van der Waals surface area contributed by atoms with E-state index >= 15 is 0 Å². The van der Waals surface area contributed by atoms with Crippen molar-refractivity contribution in [3.8, 4) is 0 Å². The lowest BCUT2D eigenvalue weighted by molar-refractivity contribution is -0.117. The maximum Gasteiger partial charge on any atom is 0.242 e. The summed E-state index contributed by atoms with van der Waals surface area (Å²) in [7, 11) is -0.518. The molecule has 0 aromatic heterocycles. The Morgan fingerprint density at radius 3 is 2.33 bits per heavy atom. The predicted molar refractivity (Wildman–Crippen MR) is 82.7 cm³/mol. The minimum atomic E-state index is -3.51. The van der Waals surface area contributed by atoms with E-state index in [1.165, 1.54) is 18.4 Å². The molecule has 0 radical (unpaired) electrons. The molecule has 0 saturated heterocycles. The molecule has 1 aliphatic rings. The van der Waals surface area contributed by atoms with Gasteiger partial charge < -0.3 is 5.32 Å². The molecule has 21 heavy (non-hydrogen) atoms. The molecular weight excluding hydrogens is 288 g/mol. The van der Waals surface area contributed by atoms with Gasteiger partial charge in [-0.25, -0.2) is 12.7 Å². The van der Waals surface area contributed by atoms with Crippen LogP contribution in [0.25, 0.3) is 0 Å². The van der Waals surface area contributed by atoms with Crippen LogP contribution in [0, 0.1) is 25.7 Å². The van der Waals surface area contributed by atoms with Crippen LogP contribution in [-0.4, -0.2) is 32.7 Å². The first-order chi connectivity index (χ1) is 9.64. The molecule has 6 heteroatoms. The average molecular weight is 310 g/mol. The van der Waals surface area contributed by atoms with Crippen molar-refractivity contribution in [3.05, 3.63) is 23.3 Å². The molecule has 0 unspecified atom stereocenters. The molecule has 0 aliphatic heterocycles. The highest BCUT2D eigenvalue weighted by Gasteiger charge is 2.39. The van der Waals surface area contributed by atoms with Crippen LogP contribution in [0.3, 0.4) is 0 Å². The Hall–Kier alpha value is -1.40. The van der Waals surface area contributed by atoms with Crippen molar-refractivity contribution in [2.75, 3.05) is 19.4 Å². The number of aryl methyl sites for hydroxylation is 1. The van der Waals surface area contributed by atoms with Crippen LogP contribution in [0.2, 0.25) is 0 Å². The quantitative estimate of drug-likeness (QED) is 0.926. The highest BCUT2D eigenvalue weighted by molar-refractivity contribution is 7.89. The van der Waals surface area contributed by atoms with E-state index in [1.54, 1.807) is 12.1 Å². The van der Waals surface area contributed by atoms with Gasteiger partial charge in [-0.3, -0.25) is 4.79 Å². The van der Waals surface area contributed by atoms with E-state index in [0.717, 1.165) is 17.5 Å². The number of carbonyl (C=O) groups is 1. The van der Waals surface area contributed by atoms with Gasteiger partial charge in [-0.2, -0.15) is 0 Å². The summed E-state index contributed by atoms with van der Waals surface area (Å²) in [5.41, 5.74) is 2.32. The molecule has 1 fully saturated rings. The fourth-order valence-corrected chi connectivity index (χ4v) is 3.24. The third kappa shape index (κ3) is 3.11. The average Bonchev–Trinajstić information content (AvgIpc) is 3.11. The minimum Gasteiger partial charge on any atom is -0.326 e. The van der Waals surface area contributed by atoms with Gasteiger partial charge in [-0.05, 0) is 49.4 Å². The van der Waals surface area contributed by atoms with Crippen molar-refractivity contribution in [3.63, 3.8) is 0 Å². The Morgan fingerprint density at radius 2 is 1.86 bits per heavy atom. The zero-order valence-electron chi connectivity index (χ0n) is 13.1. The topological polar surface area (TPSA) is 66.5 Å². The monoisotopic (exact) mass is 310 g/mol. The van der Waals surface area contributed by atoms with Crippen molar-refractivity contribution < 1.29 is 13.2 Å². The molecule has 1 amide bonds. The summed E-state index contributed by atoms with van der Waals surface area (Å²) in [5.74, 6) is 0.448. The number of carbonyl (C=O) groups excluding carboxylic acids is 1. The number of nitrogens with zero attached hydrogens (tertiary/aromatic N) is 1. The number of hydrogen-bond acceptors (Lipinski definition) is 3. The van der Waals surface area contributed by atoms with E-state index < -0.39 is 10.0 Å². The van der Waals surface area contributed by atoms with Crippen LogP contribution in [0.1, 0.15) is 24.5 Å². The van der Waals surface area contributed by atoms with Crippen LogP contribution in [0.15, 0.2) is 17.0 Å². The molecule has 0 heterocycles. The van der Waals surface area contributed by atoms with Gasteiger partial charge in [0.1, 0.15) is 0 Å². The summed E-state index contributed by atoms with van der Waals surface area (Å²) >= 11 is 0. The van der Waals surface area contributed by atoms with E-state index in [2.05, 4.69) is 5.32 Å². The van der Waals surface area contributed by atoms with E-state index in [0.29, 0.717) is 11.6 Å². The number of rotatable bonds is 4. The van der Waals surface area contributed by atoms with Crippen LogP contribution < -0.4 is 5.32 Å². The van der Waals surface area contributed by atoms with Gasteiger partial charge in [0.15, 0.2) is 0 Å². The van der Waals surface area contributed by atoms with E-state index in [4.69, 9.17) is 0 Å².